The van der Waals surface area contributed by atoms with Crippen LogP contribution in [0.25, 0.3) is 0 Å². The maximum Gasteiger partial charge on any atom is 0.306 e. The molecule has 1 aliphatic rings. The smallest absolute Gasteiger partial charge is 0.306 e. The zero-order valence-electron chi connectivity index (χ0n) is 27.9. The van der Waals surface area contributed by atoms with Gasteiger partial charge in [0.25, 0.3) is 0 Å². The number of carbonyl (C=O) groups excluding carboxylic acids is 1. The summed E-state index contributed by atoms with van der Waals surface area (Å²) < 4.78 is 6.12. The van der Waals surface area contributed by atoms with Crippen LogP contribution in [0.5, 0.6) is 0 Å². The first-order chi connectivity index (χ1) is 19.8. The molecule has 1 aliphatic heterocycles. The predicted octanol–water partition coefficient (Wildman–Crippen LogP) is 11.3. The summed E-state index contributed by atoms with van der Waals surface area (Å²) >= 11 is 0. The Hall–Kier alpha value is -1.39. The summed E-state index contributed by atoms with van der Waals surface area (Å²) in [6, 6.07) is 10.4. The number of rotatable bonds is 22. The number of hydrogen-bond acceptors (Lipinski definition) is 4. The molecule has 0 spiro atoms. The van der Waals surface area contributed by atoms with Crippen molar-refractivity contribution in [3.8, 4) is 0 Å². The van der Waals surface area contributed by atoms with E-state index in [1.54, 1.807) is 0 Å². The predicted molar refractivity (Wildman–Crippen MR) is 174 cm³/mol. The molecule has 0 bridgehead atoms. The van der Waals surface area contributed by atoms with Gasteiger partial charge in [0.15, 0.2) is 0 Å². The zero-order valence-corrected chi connectivity index (χ0v) is 27.9. The number of ether oxygens (including phenoxy) is 1. The third kappa shape index (κ3) is 12.8. The molecule has 0 N–H and O–H groups in total. The molecule has 0 amide bonds. The lowest BCUT2D eigenvalue weighted by Gasteiger charge is -2.56. The third-order valence-electron chi connectivity index (χ3n) is 9.45. The van der Waals surface area contributed by atoms with Crippen molar-refractivity contribution in [3.05, 3.63) is 35.9 Å². The van der Waals surface area contributed by atoms with E-state index in [1.165, 1.54) is 89.0 Å². The molecule has 4 heteroatoms. The highest BCUT2D eigenvalue weighted by molar-refractivity contribution is 5.69. The van der Waals surface area contributed by atoms with Crippen LogP contribution in [-0.4, -0.2) is 28.2 Å². The number of nitrogens with zero attached hydrogens (tertiary/aromatic N) is 1. The third-order valence-corrected chi connectivity index (χ3v) is 9.45. The van der Waals surface area contributed by atoms with Gasteiger partial charge < -0.3 is 4.74 Å². The quantitative estimate of drug-likeness (QED) is 0.102. The van der Waals surface area contributed by atoms with Gasteiger partial charge in [0.1, 0.15) is 12.2 Å². The zero-order chi connectivity index (χ0) is 30.0. The second-order valence-electron chi connectivity index (χ2n) is 13.4. The van der Waals surface area contributed by atoms with Crippen molar-refractivity contribution in [2.75, 3.05) is 0 Å². The molecule has 1 saturated heterocycles. The fourth-order valence-corrected chi connectivity index (χ4v) is 6.85. The molecule has 0 radical (unpaired) electrons. The minimum Gasteiger partial charge on any atom is -0.462 e. The molecule has 41 heavy (non-hydrogen) atoms. The van der Waals surface area contributed by atoms with Crippen LogP contribution in [0.4, 0.5) is 0 Å². The molecule has 1 aromatic carbocycles. The van der Waals surface area contributed by atoms with Crippen LogP contribution in [0.2, 0.25) is 0 Å². The topological polar surface area (TPSA) is 38.8 Å². The van der Waals surface area contributed by atoms with E-state index in [0.717, 1.165) is 38.5 Å². The Morgan fingerprint density at radius 1 is 0.780 bits per heavy atom. The van der Waals surface area contributed by atoms with Crippen molar-refractivity contribution < 1.29 is 14.4 Å². The van der Waals surface area contributed by atoms with E-state index in [1.807, 2.05) is 6.07 Å². The number of hydrogen-bond donors (Lipinski definition) is 0. The molecule has 2 rings (SSSR count). The summed E-state index contributed by atoms with van der Waals surface area (Å²) in [6.45, 7) is 13.4. The summed E-state index contributed by atoms with van der Waals surface area (Å²) in [5, 5.41) is 2.26. The molecular weight excluding hydrogens is 506 g/mol. The monoisotopic (exact) mass is 571 g/mol. The van der Waals surface area contributed by atoms with Gasteiger partial charge in [0.2, 0.25) is 0 Å². The lowest BCUT2D eigenvalue weighted by atomic mass is 9.75. The number of carbonyl (C=O) groups is 1. The first kappa shape index (κ1) is 35.8. The maximum absolute atomic E-state index is 12.8. The fourth-order valence-electron chi connectivity index (χ4n) is 6.85. The van der Waals surface area contributed by atoms with Gasteiger partial charge in [-0.15, -0.1) is 0 Å². The molecule has 1 aromatic rings. The normalized spacial score (nSPS) is 19.2. The van der Waals surface area contributed by atoms with Crippen molar-refractivity contribution in [2.24, 2.45) is 0 Å². The standard InChI is InChI=1S/C37H65NO3/c1-7-10-11-12-13-14-15-16-17-18-19-20-21-22-26-29-35(39)40-34-30-36(5,6)38(37(8-2,9-3)31-34)41-32(4)33-27-24-23-25-28-33/h23-25,27-28,32,34H,7-22,26,29-31H2,1-6H3. The number of unbranched alkanes of at least 4 members (excludes halogenated alkanes) is 14. The highest BCUT2D eigenvalue weighted by Gasteiger charge is 2.51. The Kier molecular flexibility index (Phi) is 17.2. The van der Waals surface area contributed by atoms with Crippen LogP contribution >= 0.6 is 0 Å². The van der Waals surface area contributed by atoms with Crippen LogP contribution in [-0.2, 0) is 14.4 Å². The average Bonchev–Trinajstić information content (AvgIpc) is 2.96. The Labute approximate surface area is 254 Å². The minimum absolute atomic E-state index is 0.0198. The minimum atomic E-state index is -0.229. The lowest BCUT2D eigenvalue weighted by molar-refractivity contribution is -0.323. The second kappa shape index (κ2) is 19.7. The largest absolute Gasteiger partial charge is 0.462 e. The van der Waals surface area contributed by atoms with Gasteiger partial charge in [-0.05, 0) is 45.6 Å². The Morgan fingerprint density at radius 2 is 1.27 bits per heavy atom. The van der Waals surface area contributed by atoms with Gasteiger partial charge in [-0.25, -0.2) is 0 Å². The van der Waals surface area contributed by atoms with Crippen LogP contribution in [0.3, 0.4) is 0 Å². The molecule has 4 nitrogen and oxygen atoms in total. The first-order valence-corrected chi connectivity index (χ1v) is 17.5. The van der Waals surface area contributed by atoms with Gasteiger partial charge in [0, 0.05) is 30.3 Å². The maximum atomic E-state index is 12.8. The van der Waals surface area contributed by atoms with E-state index in [-0.39, 0.29) is 29.3 Å². The fraction of sp³-hybridized carbons (Fsp3) is 0.811. The molecule has 0 aromatic heterocycles. The highest BCUT2D eigenvalue weighted by Crippen LogP contribution is 2.45. The summed E-state index contributed by atoms with van der Waals surface area (Å²) in [5.74, 6) is -0.0198. The summed E-state index contributed by atoms with van der Waals surface area (Å²) in [6.07, 6.45) is 24.0. The molecule has 1 heterocycles. The van der Waals surface area contributed by atoms with Crippen molar-refractivity contribution in [1.82, 2.24) is 5.06 Å². The van der Waals surface area contributed by atoms with Crippen LogP contribution in [0.1, 0.15) is 182 Å². The Morgan fingerprint density at radius 3 is 1.76 bits per heavy atom. The van der Waals surface area contributed by atoms with Crippen LogP contribution < -0.4 is 0 Å². The van der Waals surface area contributed by atoms with Crippen molar-refractivity contribution in [3.63, 3.8) is 0 Å². The summed E-state index contributed by atoms with van der Waals surface area (Å²) in [7, 11) is 0. The van der Waals surface area contributed by atoms with E-state index < -0.39 is 0 Å². The van der Waals surface area contributed by atoms with E-state index in [4.69, 9.17) is 9.57 Å². The van der Waals surface area contributed by atoms with Crippen LogP contribution in [0.15, 0.2) is 30.3 Å². The number of esters is 1. The average molecular weight is 572 g/mol. The second-order valence-corrected chi connectivity index (χ2v) is 13.4. The van der Waals surface area contributed by atoms with Gasteiger partial charge >= 0.3 is 5.97 Å². The summed E-state index contributed by atoms with van der Waals surface area (Å²) in [5.41, 5.74) is 0.804. The number of hydroxylamine groups is 2. The van der Waals surface area contributed by atoms with E-state index in [9.17, 15) is 4.79 Å². The van der Waals surface area contributed by atoms with E-state index in [2.05, 4.69) is 70.9 Å². The van der Waals surface area contributed by atoms with Crippen molar-refractivity contribution in [2.45, 2.75) is 193 Å². The summed E-state index contributed by atoms with van der Waals surface area (Å²) in [4.78, 5) is 19.5. The lowest BCUT2D eigenvalue weighted by Crippen LogP contribution is -2.64. The Bertz CT molecular complexity index is 804. The first-order valence-electron chi connectivity index (χ1n) is 17.5. The molecule has 0 aliphatic carbocycles. The molecular formula is C37H65NO3. The van der Waals surface area contributed by atoms with Gasteiger partial charge in [-0.3, -0.25) is 9.63 Å². The SMILES string of the molecule is CCCCCCCCCCCCCCCCCC(=O)OC1CC(C)(C)N(OC(C)c2ccccc2)C(CC)(CC)C1. The number of benzene rings is 1. The van der Waals surface area contributed by atoms with Gasteiger partial charge in [0.05, 0.1) is 0 Å². The molecule has 2 atom stereocenters. The highest BCUT2D eigenvalue weighted by atomic mass is 16.7. The molecule has 0 saturated carbocycles. The van der Waals surface area contributed by atoms with Gasteiger partial charge in [-0.1, -0.05) is 141 Å². The van der Waals surface area contributed by atoms with Crippen molar-refractivity contribution in [1.29, 1.82) is 0 Å². The van der Waals surface area contributed by atoms with Crippen LogP contribution in [0, 0.1) is 0 Å². The molecule has 2 unspecified atom stereocenters. The number of piperidine rings is 1. The molecule has 1 fully saturated rings. The van der Waals surface area contributed by atoms with E-state index >= 15 is 0 Å². The van der Waals surface area contributed by atoms with Crippen molar-refractivity contribution >= 4 is 5.97 Å². The van der Waals surface area contributed by atoms with Gasteiger partial charge in [-0.2, -0.15) is 5.06 Å². The van der Waals surface area contributed by atoms with E-state index in [0.29, 0.717) is 6.42 Å². The molecule has 236 valence electrons. The Balaban J connectivity index is 1.65.